The third kappa shape index (κ3) is 9.30. The molecular formula is C23H33BrN2O6. The van der Waals surface area contributed by atoms with E-state index >= 15 is 0 Å². The predicted octanol–water partition coefficient (Wildman–Crippen LogP) is 2.78. The summed E-state index contributed by atoms with van der Waals surface area (Å²) < 4.78 is 15.4. The van der Waals surface area contributed by atoms with Gasteiger partial charge in [-0.15, -0.1) is 0 Å². The lowest BCUT2D eigenvalue weighted by atomic mass is 10.0. The molecule has 1 aromatic rings. The molecule has 8 nitrogen and oxygen atoms in total. The second-order valence-electron chi connectivity index (χ2n) is 7.42. The number of halogens is 1. The van der Waals surface area contributed by atoms with Gasteiger partial charge in [0, 0.05) is 17.0 Å². The van der Waals surface area contributed by atoms with E-state index in [2.05, 4.69) is 26.6 Å². The topological polar surface area (TPSA) is 103 Å². The van der Waals surface area contributed by atoms with Crippen molar-refractivity contribution in [1.29, 1.82) is 0 Å². The number of hydrogen-bond donors (Lipinski definition) is 2. The fraction of sp³-hybridized carbons (Fsp3) is 0.522. The molecule has 0 spiro atoms. The maximum Gasteiger partial charge on any atom is 0.325 e. The molecule has 0 aliphatic carbocycles. The Hall–Kier alpha value is -2.55. The minimum absolute atomic E-state index is 0.161. The van der Waals surface area contributed by atoms with E-state index in [0.29, 0.717) is 35.2 Å². The number of rotatable bonds is 13. The number of esters is 1. The van der Waals surface area contributed by atoms with Crippen LogP contribution in [0.3, 0.4) is 0 Å². The Morgan fingerprint density at radius 2 is 1.88 bits per heavy atom. The summed E-state index contributed by atoms with van der Waals surface area (Å²) in [7, 11) is 3.16. The van der Waals surface area contributed by atoms with E-state index in [-0.39, 0.29) is 25.0 Å². The number of methoxy groups -OCH3 is 2. The highest BCUT2D eigenvalue weighted by Gasteiger charge is 2.23. The van der Waals surface area contributed by atoms with Crippen molar-refractivity contribution >= 4 is 33.7 Å². The molecule has 1 rings (SSSR count). The third-order valence-electron chi connectivity index (χ3n) is 4.54. The Morgan fingerprint density at radius 3 is 2.44 bits per heavy atom. The minimum Gasteiger partial charge on any atom is -0.497 e. The molecule has 2 amide bonds. The highest BCUT2D eigenvalue weighted by atomic mass is 79.9. The summed E-state index contributed by atoms with van der Waals surface area (Å²) in [4.78, 5) is 36.9. The van der Waals surface area contributed by atoms with E-state index in [1.807, 2.05) is 26.0 Å². The van der Waals surface area contributed by atoms with Gasteiger partial charge in [0.1, 0.15) is 24.1 Å². The van der Waals surface area contributed by atoms with Crippen molar-refractivity contribution in [2.45, 2.75) is 39.7 Å². The fourth-order valence-corrected chi connectivity index (χ4v) is 3.39. The van der Waals surface area contributed by atoms with Crippen molar-refractivity contribution in [3.8, 4) is 11.5 Å². The van der Waals surface area contributed by atoms with E-state index in [1.165, 1.54) is 0 Å². The molecule has 0 aliphatic heterocycles. The molecule has 0 saturated heterocycles. The van der Waals surface area contributed by atoms with Crippen molar-refractivity contribution < 1.29 is 28.6 Å². The van der Waals surface area contributed by atoms with Gasteiger partial charge in [0.05, 0.1) is 20.8 Å². The number of hydrogen-bond acceptors (Lipinski definition) is 6. The van der Waals surface area contributed by atoms with Crippen LogP contribution in [0, 0.1) is 5.92 Å². The van der Waals surface area contributed by atoms with Gasteiger partial charge in [0.2, 0.25) is 11.8 Å². The summed E-state index contributed by atoms with van der Waals surface area (Å²) in [5.41, 5.74) is 1.38. The van der Waals surface area contributed by atoms with Crippen LogP contribution >= 0.6 is 15.9 Å². The summed E-state index contributed by atoms with van der Waals surface area (Å²) in [6.45, 7) is 5.59. The second-order valence-corrected chi connectivity index (χ2v) is 7.98. The largest absolute Gasteiger partial charge is 0.497 e. The molecule has 2 N–H and O–H groups in total. The number of nitrogens with one attached hydrogen (secondary N) is 2. The van der Waals surface area contributed by atoms with Gasteiger partial charge in [0.25, 0.3) is 0 Å². The van der Waals surface area contributed by atoms with Crippen LogP contribution in [-0.2, 0) is 25.5 Å². The zero-order valence-corrected chi connectivity index (χ0v) is 20.9. The molecule has 1 aromatic carbocycles. The van der Waals surface area contributed by atoms with Crippen LogP contribution in [0.25, 0.3) is 0 Å². The monoisotopic (exact) mass is 512 g/mol. The molecule has 0 aliphatic rings. The third-order valence-corrected chi connectivity index (χ3v) is 5.14. The molecule has 9 heteroatoms. The molecule has 1 atom stereocenters. The number of amides is 2. The molecule has 0 aromatic heterocycles. The first-order valence-electron chi connectivity index (χ1n) is 10.5. The molecular weight excluding hydrogens is 480 g/mol. The Kier molecular flexibility index (Phi) is 12.5. The van der Waals surface area contributed by atoms with Crippen molar-refractivity contribution in [3.05, 3.63) is 35.4 Å². The minimum atomic E-state index is -0.769. The van der Waals surface area contributed by atoms with Gasteiger partial charge in [-0.05, 0) is 37.3 Å². The molecule has 0 heterocycles. The van der Waals surface area contributed by atoms with Crippen LogP contribution < -0.4 is 20.1 Å². The first-order valence-corrected chi connectivity index (χ1v) is 11.6. The summed E-state index contributed by atoms with van der Waals surface area (Å²) in [6, 6.07) is 4.72. The molecule has 0 fully saturated rings. The van der Waals surface area contributed by atoms with E-state index in [9.17, 15) is 14.4 Å². The smallest absolute Gasteiger partial charge is 0.325 e. The van der Waals surface area contributed by atoms with Crippen molar-refractivity contribution in [2.75, 3.05) is 32.7 Å². The number of carbonyl (C=O) groups excluding carboxylic acids is 3. The van der Waals surface area contributed by atoms with E-state index in [1.54, 1.807) is 33.3 Å². The zero-order chi connectivity index (χ0) is 24.1. The van der Waals surface area contributed by atoms with Crippen LogP contribution in [0.1, 0.15) is 32.8 Å². The van der Waals surface area contributed by atoms with Crippen LogP contribution in [0.15, 0.2) is 29.8 Å². The molecule has 1 unspecified atom stereocenters. The molecule has 32 heavy (non-hydrogen) atoms. The average molecular weight is 513 g/mol. The second kappa shape index (κ2) is 14.5. The first kappa shape index (κ1) is 27.5. The van der Waals surface area contributed by atoms with Crippen LogP contribution in [0.2, 0.25) is 0 Å². The molecule has 0 radical (unpaired) electrons. The van der Waals surface area contributed by atoms with Crippen molar-refractivity contribution in [1.82, 2.24) is 10.6 Å². The van der Waals surface area contributed by atoms with Crippen molar-refractivity contribution in [2.24, 2.45) is 5.92 Å². The quantitative estimate of drug-likeness (QED) is 0.239. The Balaban J connectivity index is 2.89. The number of carbonyl (C=O) groups is 3. The fourth-order valence-electron chi connectivity index (χ4n) is 2.91. The lowest BCUT2D eigenvalue weighted by molar-refractivity contribution is -0.143. The summed E-state index contributed by atoms with van der Waals surface area (Å²) in [6.07, 6.45) is 2.69. The summed E-state index contributed by atoms with van der Waals surface area (Å²) in [5.74, 6) is 0.194. The average Bonchev–Trinajstić information content (AvgIpc) is 2.77. The molecule has 0 saturated carbocycles. The van der Waals surface area contributed by atoms with Crippen LogP contribution in [0.4, 0.5) is 0 Å². The van der Waals surface area contributed by atoms with E-state index in [4.69, 9.17) is 14.2 Å². The summed E-state index contributed by atoms with van der Waals surface area (Å²) in [5, 5.41) is 5.63. The maximum absolute atomic E-state index is 12.9. The van der Waals surface area contributed by atoms with E-state index in [0.717, 1.165) is 5.56 Å². The highest BCUT2D eigenvalue weighted by Crippen LogP contribution is 2.25. The SMILES string of the molecule is CCOC(=O)CNC(=O)C(CC(C)C)NC(=O)C(=CCc1ccc(OC)cc1OC)CBr. The summed E-state index contributed by atoms with van der Waals surface area (Å²) >= 11 is 3.35. The normalized spacial score (nSPS) is 12.2. The standard InChI is InChI=1S/C23H33BrN2O6/c1-6-32-21(27)14-25-23(29)19(11-15(2)3)26-22(28)17(13-24)8-7-16-9-10-18(30-4)12-20(16)31-5/h8-10,12,15,19H,6-7,11,13-14H2,1-5H3,(H,25,29)(H,26,28). The lowest BCUT2D eigenvalue weighted by Crippen LogP contribution is -2.49. The van der Waals surface area contributed by atoms with Crippen LogP contribution in [0.5, 0.6) is 11.5 Å². The highest BCUT2D eigenvalue weighted by molar-refractivity contribution is 9.09. The van der Waals surface area contributed by atoms with Crippen LogP contribution in [-0.4, -0.2) is 56.5 Å². The maximum atomic E-state index is 12.9. The van der Waals surface area contributed by atoms with Gasteiger partial charge < -0.3 is 24.8 Å². The predicted molar refractivity (Wildman–Crippen MR) is 126 cm³/mol. The van der Waals surface area contributed by atoms with Gasteiger partial charge in [0.15, 0.2) is 0 Å². The van der Waals surface area contributed by atoms with Gasteiger partial charge in [-0.1, -0.05) is 41.9 Å². The van der Waals surface area contributed by atoms with E-state index < -0.39 is 17.9 Å². The first-order chi connectivity index (χ1) is 15.2. The Morgan fingerprint density at radius 1 is 1.16 bits per heavy atom. The van der Waals surface area contributed by atoms with Gasteiger partial charge in [-0.3, -0.25) is 14.4 Å². The van der Waals surface area contributed by atoms with Gasteiger partial charge in [-0.25, -0.2) is 0 Å². The number of alkyl halides is 1. The van der Waals surface area contributed by atoms with Gasteiger partial charge >= 0.3 is 5.97 Å². The number of ether oxygens (including phenoxy) is 3. The Bertz CT molecular complexity index is 810. The van der Waals surface area contributed by atoms with Crippen molar-refractivity contribution in [3.63, 3.8) is 0 Å². The molecule has 0 bridgehead atoms. The zero-order valence-electron chi connectivity index (χ0n) is 19.3. The van der Waals surface area contributed by atoms with Gasteiger partial charge in [-0.2, -0.15) is 0 Å². The lowest BCUT2D eigenvalue weighted by Gasteiger charge is -2.20. The number of benzene rings is 1. The Labute approximate surface area is 198 Å². The number of allylic oxidation sites excluding steroid dienone is 1. The molecule has 178 valence electrons.